The molecule has 0 amide bonds. The van der Waals surface area contributed by atoms with E-state index in [9.17, 15) is 8.78 Å². The second-order valence-corrected chi connectivity index (χ2v) is 15.9. The van der Waals surface area contributed by atoms with Crippen molar-refractivity contribution in [2.45, 2.75) is 140 Å². The van der Waals surface area contributed by atoms with Crippen molar-refractivity contribution in [3.8, 4) is 0 Å². The van der Waals surface area contributed by atoms with Gasteiger partial charge in [-0.25, -0.2) is 13.5 Å². The molecule has 5 aliphatic rings. The zero-order valence-corrected chi connectivity index (χ0v) is 27.6. The average Bonchev–Trinajstić information content (AvgIpc) is 3.09. The van der Waals surface area contributed by atoms with Crippen molar-refractivity contribution in [1.82, 2.24) is 25.2 Å². The van der Waals surface area contributed by atoms with Gasteiger partial charge in [0.25, 0.3) is 0 Å². The molecule has 43 heavy (non-hydrogen) atoms. The highest BCUT2D eigenvalue weighted by Crippen LogP contribution is 2.38. The summed E-state index contributed by atoms with van der Waals surface area (Å²) in [5.74, 6) is -1.25. The van der Waals surface area contributed by atoms with Crippen LogP contribution in [0.1, 0.15) is 101 Å². The number of aryl methyl sites for hydroxylation is 2. The molecule has 2 aliphatic carbocycles. The lowest BCUT2D eigenvalue weighted by molar-refractivity contribution is -0.0895. The van der Waals surface area contributed by atoms with Crippen molar-refractivity contribution >= 4 is 11.9 Å². The lowest BCUT2D eigenvalue weighted by Gasteiger charge is -2.43. The summed E-state index contributed by atoms with van der Waals surface area (Å²) >= 11 is 1.91. The highest BCUT2D eigenvalue weighted by molar-refractivity contribution is 7.98. The van der Waals surface area contributed by atoms with Gasteiger partial charge in [-0.05, 0) is 80.9 Å². The van der Waals surface area contributed by atoms with E-state index in [-0.39, 0.29) is 43.5 Å². The van der Waals surface area contributed by atoms with Gasteiger partial charge in [-0.2, -0.15) is 0 Å². The number of hydrogen-bond donors (Lipinski definition) is 3. The zero-order valence-electron chi connectivity index (χ0n) is 26.8. The fraction of sp³-hybridized carbons (Fsp3) is 0.824. The molecule has 1 aromatic carbocycles. The van der Waals surface area contributed by atoms with Crippen LogP contribution in [0.2, 0.25) is 0 Å². The number of benzene rings is 1. The van der Waals surface area contributed by atoms with Gasteiger partial charge in [-0.1, -0.05) is 50.4 Å². The van der Waals surface area contributed by atoms with E-state index in [4.69, 9.17) is 4.74 Å². The molecule has 3 aliphatic heterocycles. The number of nitrogens with zero attached hydrogens (tertiary/aromatic N) is 2. The molecule has 2 saturated carbocycles. The number of halogens is 2. The number of nitrogens with one attached hydrogen (secondary N) is 3. The molecule has 3 heterocycles. The van der Waals surface area contributed by atoms with E-state index in [0.717, 1.165) is 39.0 Å². The van der Waals surface area contributed by atoms with Gasteiger partial charge >= 0.3 is 0 Å². The maximum atomic E-state index is 14.3. The number of ether oxygens (including phenoxy) is 1. The van der Waals surface area contributed by atoms with Crippen LogP contribution in [0.15, 0.2) is 18.2 Å². The molecule has 1 aromatic rings. The van der Waals surface area contributed by atoms with Gasteiger partial charge in [0, 0.05) is 68.8 Å². The van der Waals surface area contributed by atoms with Crippen LogP contribution in [0.4, 0.5) is 8.78 Å². The SMILES string of the molecule is Cc1cccc(C)c1C1CC2NC(NSC3CCCC(C3)CN3C[C@H](CN(C4CCC(F)(F)CC4)[C@@H](CC(C)C)C3)O2)N1. The first-order valence-corrected chi connectivity index (χ1v) is 18.0. The van der Waals surface area contributed by atoms with Crippen LogP contribution in [-0.4, -0.2) is 77.9 Å². The van der Waals surface area contributed by atoms with Gasteiger partial charge in [0.2, 0.25) is 5.92 Å². The molecule has 6 bridgehead atoms. The molecule has 3 N–H and O–H groups in total. The van der Waals surface area contributed by atoms with E-state index < -0.39 is 5.92 Å². The highest BCUT2D eigenvalue weighted by atomic mass is 32.2. The van der Waals surface area contributed by atoms with E-state index in [0.29, 0.717) is 36.0 Å². The van der Waals surface area contributed by atoms with E-state index in [1.54, 1.807) is 0 Å². The van der Waals surface area contributed by atoms with Gasteiger partial charge in [-0.15, -0.1) is 0 Å². The van der Waals surface area contributed by atoms with Crippen LogP contribution in [0.25, 0.3) is 0 Å². The Kier molecular flexibility index (Phi) is 10.4. The van der Waals surface area contributed by atoms with E-state index in [1.165, 1.54) is 42.4 Å². The minimum atomic E-state index is -2.51. The fourth-order valence-electron chi connectivity index (χ4n) is 8.80. The minimum Gasteiger partial charge on any atom is -0.357 e. The second-order valence-electron chi connectivity index (χ2n) is 14.8. The van der Waals surface area contributed by atoms with Crippen LogP contribution < -0.4 is 15.4 Å². The molecular formula is C34H55F2N5OS. The molecule has 3 saturated heterocycles. The Morgan fingerprint density at radius 2 is 1.74 bits per heavy atom. The van der Waals surface area contributed by atoms with Crippen molar-refractivity contribution in [3.63, 3.8) is 0 Å². The lowest BCUT2D eigenvalue weighted by atomic mass is 9.88. The maximum absolute atomic E-state index is 14.3. The van der Waals surface area contributed by atoms with Crippen LogP contribution >= 0.6 is 11.9 Å². The van der Waals surface area contributed by atoms with Gasteiger partial charge in [0.1, 0.15) is 12.5 Å². The second kappa shape index (κ2) is 13.9. The Hall–Kier alpha value is -0.810. The summed E-state index contributed by atoms with van der Waals surface area (Å²) < 4.78 is 39.4. The van der Waals surface area contributed by atoms with E-state index >= 15 is 0 Å². The molecule has 242 valence electrons. The summed E-state index contributed by atoms with van der Waals surface area (Å²) in [7, 11) is 0. The van der Waals surface area contributed by atoms with E-state index in [2.05, 4.69) is 71.0 Å². The van der Waals surface area contributed by atoms with Crippen LogP contribution in [-0.2, 0) is 4.74 Å². The quantitative estimate of drug-likeness (QED) is 0.340. The van der Waals surface area contributed by atoms with Crippen LogP contribution in [0, 0.1) is 25.7 Å². The molecule has 0 aromatic heterocycles. The summed E-state index contributed by atoms with van der Waals surface area (Å²) in [5, 5.41) is 8.26. The predicted octanol–water partition coefficient (Wildman–Crippen LogP) is 6.34. The Bertz CT molecular complexity index is 1050. The molecule has 6 unspecified atom stereocenters. The molecule has 8 atom stereocenters. The number of fused-ring (bicyclic) bond motifs is 6. The topological polar surface area (TPSA) is 51.8 Å². The van der Waals surface area contributed by atoms with Crippen molar-refractivity contribution < 1.29 is 13.5 Å². The van der Waals surface area contributed by atoms with E-state index in [1.807, 2.05) is 11.9 Å². The predicted molar refractivity (Wildman–Crippen MR) is 172 cm³/mol. The Labute approximate surface area is 262 Å². The third-order valence-electron chi connectivity index (χ3n) is 10.7. The van der Waals surface area contributed by atoms with Gasteiger partial charge in [-0.3, -0.25) is 20.4 Å². The Morgan fingerprint density at radius 3 is 2.49 bits per heavy atom. The molecule has 6 nitrogen and oxygen atoms in total. The van der Waals surface area contributed by atoms with Gasteiger partial charge in [0.05, 0.1) is 6.10 Å². The average molecular weight is 620 g/mol. The number of rotatable bonds is 4. The summed E-state index contributed by atoms with van der Waals surface area (Å²) in [5.41, 5.74) is 4.01. The summed E-state index contributed by atoms with van der Waals surface area (Å²) in [6.45, 7) is 12.9. The molecule has 0 spiro atoms. The van der Waals surface area contributed by atoms with Crippen molar-refractivity contribution in [3.05, 3.63) is 34.9 Å². The number of alkyl halides is 2. The zero-order chi connectivity index (χ0) is 30.1. The first-order valence-electron chi connectivity index (χ1n) is 17.1. The molecule has 6 rings (SSSR count). The first-order chi connectivity index (χ1) is 20.6. The van der Waals surface area contributed by atoms with Gasteiger partial charge in [0.15, 0.2) is 0 Å². The third-order valence-corrected chi connectivity index (χ3v) is 11.9. The molecule has 5 fully saturated rings. The lowest BCUT2D eigenvalue weighted by Crippen LogP contribution is -2.62. The smallest absolute Gasteiger partial charge is 0.248 e. The minimum absolute atomic E-state index is 0.0135. The molecular weight excluding hydrogens is 564 g/mol. The fourth-order valence-corrected chi connectivity index (χ4v) is 9.92. The van der Waals surface area contributed by atoms with Crippen molar-refractivity contribution in [1.29, 1.82) is 0 Å². The molecule has 0 radical (unpaired) electrons. The maximum Gasteiger partial charge on any atom is 0.248 e. The van der Waals surface area contributed by atoms with Crippen LogP contribution in [0.5, 0.6) is 0 Å². The largest absolute Gasteiger partial charge is 0.357 e. The first kappa shape index (κ1) is 32.1. The molecule has 9 heteroatoms. The normalized spacial score (nSPS) is 38.0. The highest BCUT2D eigenvalue weighted by Gasteiger charge is 2.43. The Morgan fingerprint density at radius 1 is 0.977 bits per heavy atom. The van der Waals surface area contributed by atoms with Gasteiger partial charge < -0.3 is 4.74 Å². The third kappa shape index (κ3) is 8.13. The Balaban J connectivity index is 1.29. The summed E-state index contributed by atoms with van der Waals surface area (Å²) in [4.78, 5) is 5.34. The summed E-state index contributed by atoms with van der Waals surface area (Å²) in [6, 6.07) is 7.35. The monoisotopic (exact) mass is 619 g/mol. The standard InChI is InChI=1S/C34H55F2N5OS/c1-22(2)15-27-19-40-18-25-9-6-10-29(16-25)43-39-33-37-30(32-23(3)7-5-8-24(32)4)17-31(38-33)42-28(20-40)21-41(27)26-11-13-34(35,36)14-12-26/h5,7-8,22,25-31,33,37-39H,6,9-21H2,1-4H3/t25?,27-,28+,29?,30?,31?,33?/m0/s1. The van der Waals surface area contributed by atoms with Crippen LogP contribution in [0.3, 0.4) is 0 Å². The number of hydrogen-bond acceptors (Lipinski definition) is 7. The van der Waals surface area contributed by atoms with Crippen molar-refractivity contribution in [2.75, 3.05) is 26.2 Å². The van der Waals surface area contributed by atoms with Crippen molar-refractivity contribution in [2.24, 2.45) is 11.8 Å². The summed E-state index contributed by atoms with van der Waals surface area (Å²) in [6.07, 6.45) is 8.11.